The first kappa shape index (κ1) is 20.4. The molecule has 0 unspecified atom stereocenters. The number of unbranched alkanes of at least 4 members (excludes halogenated alkanes) is 2. The van der Waals surface area contributed by atoms with E-state index in [4.69, 9.17) is 0 Å². The van der Waals surface area contributed by atoms with Gasteiger partial charge in [-0.25, -0.2) is 0 Å². The Morgan fingerprint density at radius 3 is 1.54 bits per heavy atom. The predicted molar refractivity (Wildman–Crippen MR) is 97.4 cm³/mol. The van der Waals surface area contributed by atoms with Crippen molar-refractivity contribution in [1.29, 1.82) is 0 Å². The van der Waals surface area contributed by atoms with Crippen LogP contribution in [0.1, 0.15) is 90.7 Å². The van der Waals surface area contributed by atoms with Crippen LogP contribution in [-0.2, 0) is 10.8 Å². The number of tetrazole rings is 2. The van der Waals surface area contributed by atoms with Gasteiger partial charge in [0.05, 0.1) is 6.10 Å². The van der Waals surface area contributed by atoms with Gasteiger partial charge in [0.25, 0.3) is 0 Å². The second-order valence-electron chi connectivity index (χ2n) is 8.38. The van der Waals surface area contributed by atoms with E-state index in [-0.39, 0.29) is 16.9 Å². The maximum atomic E-state index is 10.2. The molecular formula is C17H32N8O. The molecule has 0 fully saturated rings. The number of H-pyrrole nitrogens is 2. The van der Waals surface area contributed by atoms with Gasteiger partial charge in [0.2, 0.25) is 0 Å². The molecule has 0 aliphatic rings. The zero-order valence-electron chi connectivity index (χ0n) is 16.4. The Kier molecular flexibility index (Phi) is 7.19. The number of aromatic nitrogens is 8. The number of hydrogen-bond donors (Lipinski definition) is 3. The van der Waals surface area contributed by atoms with Gasteiger partial charge in [0, 0.05) is 10.8 Å². The lowest BCUT2D eigenvalue weighted by Gasteiger charge is -2.21. The molecule has 9 heteroatoms. The van der Waals surface area contributed by atoms with Gasteiger partial charge in [-0.1, -0.05) is 63.8 Å². The molecule has 2 rings (SSSR count). The summed E-state index contributed by atoms with van der Waals surface area (Å²) in [4.78, 5) is 0. The first-order valence-corrected chi connectivity index (χ1v) is 9.47. The topological polar surface area (TPSA) is 129 Å². The summed E-state index contributed by atoms with van der Waals surface area (Å²) in [6.07, 6.45) is 7.54. The normalized spacial score (nSPS) is 12.8. The molecule has 9 nitrogen and oxygen atoms in total. The Hall–Kier alpha value is -1.90. The second-order valence-corrected chi connectivity index (χ2v) is 8.38. The van der Waals surface area contributed by atoms with Gasteiger partial charge in [-0.05, 0) is 25.7 Å². The van der Waals surface area contributed by atoms with Crippen LogP contribution in [0.25, 0.3) is 0 Å². The fraction of sp³-hybridized carbons (Fsp3) is 0.882. The summed E-state index contributed by atoms with van der Waals surface area (Å²) in [6, 6.07) is 0. The third-order valence-electron chi connectivity index (χ3n) is 5.08. The number of nitrogens with one attached hydrogen (secondary N) is 2. The fourth-order valence-electron chi connectivity index (χ4n) is 3.16. The second kappa shape index (κ2) is 9.16. The van der Waals surface area contributed by atoms with Crippen molar-refractivity contribution in [3.8, 4) is 0 Å². The van der Waals surface area contributed by atoms with Crippen LogP contribution in [0.15, 0.2) is 0 Å². The van der Waals surface area contributed by atoms with Gasteiger partial charge in [0.1, 0.15) is 0 Å². The standard InChI is InChI=1S/C17H32N8O/c1-16(2,14-18-22-23-19-14)11-7-5-9-13(26)10-6-8-12-17(3,4)15-20-24-25-21-15/h13,26H,5-12H2,1-4H3,(H,18,19,22,23)(H,20,21,24,25). The van der Waals surface area contributed by atoms with Crippen LogP contribution in [0.3, 0.4) is 0 Å². The highest BCUT2D eigenvalue weighted by molar-refractivity contribution is 4.99. The van der Waals surface area contributed by atoms with Gasteiger partial charge >= 0.3 is 0 Å². The van der Waals surface area contributed by atoms with Crippen LogP contribution in [0.5, 0.6) is 0 Å². The SMILES string of the molecule is CC(C)(CCCCC(O)CCCCC(C)(C)c1nn[nH]n1)c1nn[nH]n1. The molecule has 0 spiro atoms. The minimum atomic E-state index is -0.225. The average Bonchev–Trinajstić information content (AvgIpc) is 3.29. The summed E-state index contributed by atoms with van der Waals surface area (Å²) >= 11 is 0. The van der Waals surface area contributed by atoms with E-state index in [2.05, 4.69) is 68.9 Å². The van der Waals surface area contributed by atoms with E-state index in [0.717, 1.165) is 63.0 Å². The third kappa shape index (κ3) is 6.12. The Morgan fingerprint density at radius 2 is 1.19 bits per heavy atom. The molecule has 0 amide bonds. The fourth-order valence-corrected chi connectivity index (χ4v) is 3.16. The van der Waals surface area contributed by atoms with Crippen LogP contribution < -0.4 is 0 Å². The summed E-state index contributed by atoms with van der Waals surface area (Å²) < 4.78 is 0. The minimum absolute atomic E-state index is 0.0846. The maximum absolute atomic E-state index is 10.2. The molecule has 0 aliphatic heterocycles. The Balaban J connectivity index is 1.56. The Morgan fingerprint density at radius 1 is 0.769 bits per heavy atom. The molecule has 146 valence electrons. The molecule has 0 radical (unpaired) electrons. The van der Waals surface area contributed by atoms with Crippen molar-refractivity contribution >= 4 is 0 Å². The largest absolute Gasteiger partial charge is 0.393 e. The Bertz CT molecular complexity index is 555. The first-order valence-electron chi connectivity index (χ1n) is 9.47. The summed E-state index contributed by atoms with van der Waals surface area (Å²) in [7, 11) is 0. The van der Waals surface area contributed by atoms with E-state index in [1.54, 1.807) is 0 Å². The summed E-state index contributed by atoms with van der Waals surface area (Å²) in [5.74, 6) is 1.50. The summed E-state index contributed by atoms with van der Waals surface area (Å²) in [6.45, 7) is 8.50. The number of aliphatic hydroxyl groups excluding tert-OH is 1. The molecule has 0 aromatic carbocycles. The van der Waals surface area contributed by atoms with Crippen LogP contribution in [-0.4, -0.2) is 52.5 Å². The maximum Gasteiger partial charge on any atom is 0.180 e. The number of nitrogens with zero attached hydrogens (tertiary/aromatic N) is 6. The number of aromatic amines is 2. The lowest BCUT2D eigenvalue weighted by atomic mass is 9.85. The zero-order valence-corrected chi connectivity index (χ0v) is 16.4. The molecule has 0 atom stereocenters. The van der Waals surface area contributed by atoms with Crippen LogP contribution in [0.2, 0.25) is 0 Å². The summed E-state index contributed by atoms with van der Waals surface area (Å²) in [5.41, 5.74) is -0.169. The van der Waals surface area contributed by atoms with Crippen molar-refractivity contribution in [3.63, 3.8) is 0 Å². The van der Waals surface area contributed by atoms with Crippen LogP contribution in [0.4, 0.5) is 0 Å². The van der Waals surface area contributed by atoms with E-state index in [1.165, 1.54) is 0 Å². The molecule has 0 bridgehead atoms. The highest BCUT2D eigenvalue weighted by Crippen LogP contribution is 2.27. The highest BCUT2D eigenvalue weighted by Gasteiger charge is 2.25. The minimum Gasteiger partial charge on any atom is -0.393 e. The summed E-state index contributed by atoms with van der Waals surface area (Å²) in [5, 5.41) is 38.8. The van der Waals surface area contributed by atoms with Crippen LogP contribution in [0, 0.1) is 0 Å². The molecule has 3 N–H and O–H groups in total. The van der Waals surface area contributed by atoms with Gasteiger partial charge in [-0.15, -0.1) is 20.4 Å². The molecule has 0 saturated carbocycles. The number of rotatable bonds is 12. The molecule has 26 heavy (non-hydrogen) atoms. The van der Waals surface area contributed by atoms with Crippen molar-refractivity contribution in [1.82, 2.24) is 41.2 Å². The van der Waals surface area contributed by atoms with Crippen molar-refractivity contribution in [2.24, 2.45) is 0 Å². The molecular weight excluding hydrogens is 332 g/mol. The zero-order chi connectivity index (χ0) is 19.0. The molecule has 2 aromatic heterocycles. The molecule has 2 heterocycles. The van der Waals surface area contributed by atoms with E-state index >= 15 is 0 Å². The van der Waals surface area contributed by atoms with Gasteiger partial charge in [0.15, 0.2) is 11.6 Å². The van der Waals surface area contributed by atoms with Gasteiger partial charge < -0.3 is 5.11 Å². The highest BCUT2D eigenvalue weighted by atomic mass is 16.3. The number of hydrogen-bond acceptors (Lipinski definition) is 7. The van der Waals surface area contributed by atoms with Crippen molar-refractivity contribution in [3.05, 3.63) is 11.6 Å². The predicted octanol–water partition coefficient (Wildman–Crippen LogP) is 2.45. The van der Waals surface area contributed by atoms with Crippen molar-refractivity contribution in [2.75, 3.05) is 0 Å². The smallest absolute Gasteiger partial charge is 0.180 e. The van der Waals surface area contributed by atoms with Crippen LogP contribution >= 0.6 is 0 Å². The third-order valence-corrected chi connectivity index (χ3v) is 5.08. The van der Waals surface area contributed by atoms with E-state index in [9.17, 15) is 5.11 Å². The van der Waals surface area contributed by atoms with E-state index < -0.39 is 0 Å². The average molecular weight is 364 g/mol. The molecule has 2 aromatic rings. The van der Waals surface area contributed by atoms with Gasteiger partial charge in [-0.3, -0.25) is 0 Å². The molecule has 0 aliphatic carbocycles. The van der Waals surface area contributed by atoms with Crippen molar-refractivity contribution < 1.29 is 5.11 Å². The monoisotopic (exact) mass is 364 g/mol. The number of aliphatic hydroxyl groups is 1. The Labute approximate surface area is 154 Å². The lowest BCUT2D eigenvalue weighted by Crippen LogP contribution is -2.20. The quantitative estimate of drug-likeness (QED) is 0.493. The van der Waals surface area contributed by atoms with Crippen molar-refractivity contribution in [2.45, 2.75) is 96.0 Å². The van der Waals surface area contributed by atoms with E-state index in [0.29, 0.717) is 0 Å². The van der Waals surface area contributed by atoms with Gasteiger partial charge in [-0.2, -0.15) is 10.4 Å². The lowest BCUT2D eigenvalue weighted by molar-refractivity contribution is 0.145. The van der Waals surface area contributed by atoms with E-state index in [1.807, 2.05) is 0 Å². The first-order chi connectivity index (χ1) is 12.3. The molecule has 0 saturated heterocycles.